The SMILES string of the molecule is Cc1ncccc1CN1CCC2(CCNCC2)C1. The van der Waals surface area contributed by atoms with Crippen LogP contribution in [-0.2, 0) is 6.54 Å². The highest BCUT2D eigenvalue weighted by Crippen LogP contribution is 2.39. The summed E-state index contributed by atoms with van der Waals surface area (Å²) in [5.41, 5.74) is 3.19. The topological polar surface area (TPSA) is 28.2 Å². The van der Waals surface area contributed by atoms with E-state index >= 15 is 0 Å². The molecule has 1 aromatic heterocycles. The smallest absolute Gasteiger partial charge is 0.0417 e. The molecule has 1 N–H and O–H groups in total. The standard InChI is InChI=1S/C15H23N3/c1-13-14(3-2-7-17-13)11-18-10-6-15(12-18)4-8-16-9-5-15/h2-3,7,16H,4-6,8-12H2,1H3. The van der Waals surface area contributed by atoms with Gasteiger partial charge in [-0.05, 0) is 62.9 Å². The third-order valence-electron chi connectivity index (χ3n) is 4.69. The van der Waals surface area contributed by atoms with Gasteiger partial charge in [-0.2, -0.15) is 0 Å². The van der Waals surface area contributed by atoms with E-state index in [9.17, 15) is 0 Å². The summed E-state index contributed by atoms with van der Waals surface area (Å²) in [4.78, 5) is 7.01. The Morgan fingerprint density at radius 3 is 2.94 bits per heavy atom. The number of nitrogens with one attached hydrogen (secondary N) is 1. The fraction of sp³-hybridized carbons (Fsp3) is 0.667. The second kappa shape index (κ2) is 4.98. The molecule has 2 aliphatic heterocycles. The number of nitrogens with zero attached hydrogens (tertiary/aromatic N) is 2. The number of pyridine rings is 1. The van der Waals surface area contributed by atoms with Crippen molar-refractivity contribution in [2.75, 3.05) is 26.2 Å². The molecule has 0 amide bonds. The summed E-state index contributed by atoms with van der Waals surface area (Å²) in [5, 5.41) is 3.48. The van der Waals surface area contributed by atoms with E-state index < -0.39 is 0 Å². The predicted octanol–water partition coefficient (Wildman–Crippen LogP) is 1.97. The van der Waals surface area contributed by atoms with Crippen LogP contribution in [0, 0.1) is 12.3 Å². The molecule has 3 heteroatoms. The maximum absolute atomic E-state index is 4.39. The van der Waals surface area contributed by atoms with E-state index in [1.807, 2.05) is 6.20 Å². The van der Waals surface area contributed by atoms with Crippen LogP contribution in [0.25, 0.3) is 0 Å². The number of rotatable bonds is 2. The van der Waals surface area contributed by atoms with Gasteiger partial charge in [0, 0.05) is 25.0 Å². The van der Waals surface area contributed by atoms with Crippen LogP contribution in [0.1, 0.15) is 30.5 Å². The lowest BCUT2D eigenvalue weighted by molar-refractivity contribution is 0.194. The first-order valence-electron chi connectivity index (χ1n) is 7.11. The summed E-state index contributed by atoms with van der Waals surface area (Å²) < 4.78 is 0. The van der Waals surface area contributed by atoms with Crippen molar-refractivity contribution in [1.29, 1.82) is 0 Å². The van der Waals surface area contributed by atoms with E-state index in [1.54, 1.807) is 0 Å². The van der Waals surface area contributed by atoms with E-state index in [2.05, 4.69) is 34.3 Å². The van der Waals surface area contributed by atoms with Gasteiger partial charge in [0.1, 0.15) is 0 Å². The molecule has 3 rings (SSSR count). The monoisotopic (exact) mass is 245 g/mol. The average molecular weight is 245 g/mol. The fourth-order valence-electron chi connectivity index (χ4n) is 3.45. The molecule has 2 saturated heterocycles. The Balaban J connectivity index is 1.64. The molecule has 0 radical (unpaired) electrons. The maximum Gasteiger partial charge on any atom is 0.0417 e. The van der Waals surface area contributed by atoms with Gasteiger partial charge in [0.05, 0.1) is 0 Å². The summed E-state index contributed by atoms with van der Waals surface area (Å²) in [6, 6.07) is 4.27. The molecule has 0 aliphatic carbocycles. The van der Waals surface area contributed by atoms with Crippen molar-refractivity contribution in [3.05, 3.63) is 29.6 Å². The molecular formula is C15H23N3. The van der Waals surface area contributed by atoms with Gasteiger partial charge in [-0.25, -0.2) is 0 Å². The highest BCUT2D eigenvalue weighted by molar-refractivity contribution is 5.18. The number of aryl methyl sites for hydroxylation is 1. The van der Waals surface area contributed by atoms with Crippen LogP contribution >= 0.6 is 0 Å². The Bertz CT molecular complexity index is 410. The van der Waals surface area contributed by atoms with E-state index in [1.165, 1.54) is 56.7 Å². The Morgan fingerprint density at radius 2 is 2.17 bits per heavy atom. The predicted molar refractivity (Wildman–Crippen MR) is 73.4 cm³/mol. The van der Waals surface area contributed by atoms with E-state index in [0.29, 0.717) is 5.41 Å². The van der Waals surface area contributed by atoms with Crippen LogP contribution in [-0.4, -0.2) is 36.1 Å². The summed E-state index contributed by atoms with van der Waals surface area (Å²) >= 11 is 0. The summed E-state index contributed by atoms with van der Waals surface area (Å²) in [6.07, 6.45) is 5.98. The van der Waals surface area contributed by atoms with E-state index in [4.69, 9.17) is 0 Å². The van der Waals surface area contributed by atoms with Gasteiger partial charge in [0.2, 0.25) is 0 Å². The fourth-order valence-corrected chi connectivity index (χ4v) is 3.45. The second-order valence-corrected chi connectivity index (χ2v) is 5.96. The minimum absolute atomic E-state index is 0.612. The molecule has 1 aromatic rings. The van der Waals surface area contributed by atoms with Gasteiger partial charge < -0.3 is 5.32 Å². The molecule has 2 fully saturated rings. The van der Waals surface area contributed by atoms with Crippen molar-refractivity contribution in [2.24, 2.45) is 5.41 Å². The first-order valence-corrected chi connectivity index (χ1v) is 7.11. The summed E-state index contributed by atoms with van der Waals surface area (Å²) in [5.74, 6) is 0. The van der Waals surface area contributed by atoms with E-state index in [-0.39, 0.29) is 0 Å². The third kappa shape index (κ3) is 2.43. The van der Waals surface area contributed by atoms with Crippen LogP contribution < -0.4 is 5.32 Å². The van der Waals surface area contributed by atoms with Gasteiger partial charge in [-0.3, -0.25) is 9.88 Å². The van der Waals surface area contributed by atoms with Gasteiger partial charge in [-0.1, -0.05) is 6.07 Å². The Morgan fingerprint density at radius 1 is 1.33 bits per heavy atom. The number of likely N-dealkylation sites (tertiary alicyclic amines) is 1. The first-order chi connectivity index (χ1) is 8.77. The van der Waals surface area contributed by atoms with Crippen LogP contribution in [0.15, 0.2) is 18.3 Å². The zero-order valence-electron chi connectivity index (χ0n) is 11.3. The first kappa shape index (κ1) is 12.1. The molecule has 0 unspecified atom stereocenters. The van der Waals surface area contributed by atoms with Crippen molar-refractivity contribution in [3.63, 3.8) is 0 Å². The molecule has 0 bridgehead atoms. The van der Waals surface area contributed by atoms with Gasteiger partial charge in [0.25, 0.3) is 0 Å². The van der Waals surface area contributed by atoms with E-state index in [0.717, 1.165) is 6.54 Å². The lowest BCUT2D eigenvalue weighted by Gasteiger charge is -2.34. The maximum atomic E-state index is 4.39. The normalized spacial score (nSPS) is 23.6. The van der Waals surface area contributed by atoms with Crippen LogP contribution in [0.3, 0.4) is 0 Å². The average Bonchev–Trinajstić information content (AvgIpc) is 2.76. The van der Waals surface area contributed by atoms with Crippen LogP contribution in [0.4, 0.5) is 0 Å². The molecule has 2 aliphatic rings. The number of piperidine rings is 1. The molecule has 98 valence electrons. The lowest BCUT2D eigenvalue weighted by atomic mass is 9.78. The minimum atomic E-state index is 0.612. The molecule has 0 atom stereocenters. The molecule has 0 aromatic carbocycles. The van der Waals surface area contributed by atoms with Crippen LogP contribution in [0.2, 0.25) is 0 Å². The van der Waals surface area contributed by atoms with Crippen molar-refractivity contribution in [3.8, 4) is 0 Å². The van der Waals surface area contributed by atoms with Crippen molar-refractivity contribution in [2.45, 2.75) is 32.7 Å². The highest BCUT2D eigenvalue weighted by atomic mass is 15.2. The largest absolute Gasteiger partial charge is 0.317 e. The van der Waals surface area contributed by atoms with Crippen molar-refractivity contribution in [1.82, 2.24) is 15.2 Å². The van der Waals surface area contributed by atoms with Crippen molar-refractivity contribution >= 4 is 0 Å². The van der Waals surface area contributed by atoms with Crippen molar-refractivity contribution < 1.29 is 0 Å². The molecule has 18 heavy (non-hydrogen) atoms. The highest BCUT2D eigenvalue weighted by Gasteiger charge is 2.38. The second-order valence-electron chi connectivity index (χ2n) is 5.96. The third-order valence-corrected chi connectivity index (χ3v) is 4.69. The molecule has 0 saturated carbocycles. The quantitative estimate of drug-likeness (QED) is 0.863. The molecular weight excluding hydrogens is 222 g/mol. The summed E-state index contributed by atoms with van der Waals surface area (Å²) in [7, 11) is 0. The minimum Gasteiger partial charge on any atom is -0.317 e. The lowest BCUT2D eigenvalue weighted by Crippen LogP contribution is -2.38. The number of hydrogen-bond donors (Lipinski definition) is 1. The van der Waals surface area contributed by atoms with Gasteiger partial charge >= 0.3 is 0 Å². The Kier molecular flexibility index (Phi) is 3.35. The summed E-state index contributed by atoms with van der Waals surface area (Å²) in [6.45, 7) is 8.15. The molecule has 1 spiro atoms. The van der Waals surface area contributed by atoms with Gasteiger partial charge in [0.15, 0.2) is 0 Å². The molecule has 3 nitrogen and oxygen atoms in total. The number of aromatic nitrogens is 1. The Hall–Kier alpha value is -0.930. The number of hydrogen-bond acceptors (Lipinski definition) is 3. The van der Waals surface area contributed by atoms with Crippen LogP contribution in [0.5, 0.6) is 0 Å². The molecule has 3 heterocycles. The van der Waals surface area contributed by atoms with Gasteiger partial charge in [-0.15, -0.1) is 0 Å². The Labute approximate surface area is 110 Å². The zero-order valence-corrected chi connectivity index (χ0v) is 11.3. The zero-order chi connectivity index (χ0) is 12.4.